The van der Waals surface area contributed by atoms with E-state index in [2.05, 4.69) is 55.7 Å². The zero-order valence-corrected chi connectivity index (χ0v) is 13.1. The van der Waals surface area contributed by atoms with Crippen molar-refractivity contribution in [3.63, 3.8) is 0 Å². The first kappa shape index (κ1) is 16.8. The van der Waals surface area contributed by atoms with E-state index in [4.69, 9.17) is 0 Å². The monoisotopic (exact) mass is 258 g/mol. The molecule has 0 unspecified atom stereocenters. The summed E-state index contributed by atoms with van der Waals surface area (Å²) in [5.41, 5.74) is 1.15. The third-order valence-corrected chi connectivity index (χ3v) is 7.45. The van der Waals surface area contributed by atoms with Gasteiger partial charge in [-0.25, -0.2) is 0 Å². The molecule has 102 valence electrons. The van der Waals surface area contributed by atoms with Gasteiger partial charge in [0.1, 0.15) is 0 Å². The minimum Gasteiger partial charge on any atom is -0.257 e. The molecule has 0 bridgehead atoms. The van der Waals surface area contributed by atoms with E-state index >= 15 is 0 Å². The molecule has 0 aliphatic rings. The van der Waals surface area contributed by atoms with E-state index in [-0.39, 0.29) is 0 Å². The van der Waals surface area contributed by atoms with Gasteiger partial charge in [-0.3, -0.25) is 8.61 Å². The van der Waals surface area contributed by atoms with Gasteiger partial charge < -0.3 is 0 Å². The molecule has 0 amide bonds. The summed E-state index contributed by atoms with van der Waals surface area (Å²) in [5.74, 6) is 1.04. The third kappa shape index (κ3) is 4.16. The highest BCUT2D eigenvalue weighted by Crippen LogP contribution is 2.52. The van der Waals surface area contributed by atoms with Crippen LogP contribution >= 0.6 is 10.4 Å². The van der Waals surface area contributed by atoms with E-state index in [0.717, 1.165) is 37.5 Å². The van der Waals surface area contributed by atoms with Gasteiger partial charge in [0.25, 0.3) is 0 Å². The Morgan fingerprint density at radius 1 is 1.00 bits per heavy atom. The average Bonchev–Trinajstić information content (AvgIpc) is 2.31. The Hall–Kier alpha value is -0.250. The topological polar surface area (TPSA) is 6.48 Å². The fourth-order valence-electron chi connectivity index (χ4n) is 2.32. The lowest BCUT2D eigenvalue weighted by Crippen LogP contribution is -2.41. The van der Waals surface area contributed by atoms with Crippen molar-refractivity contribution < 1.29 is 0 Å². The number of allylic oxidation sites excluding steroid dienone is 1. The van der Waals surface area contributed by atoms with Crippen molar-refractivity contribution in [1.82, 2.24) is 8.61 Å². The molecule has 0 aromatic rings. The van der Waals surface area contributed by atoms with Crippen molar-refractivity contribution in [2.75, 3.05) is 38.2 Å². The van der Waals surface area contributed by atoms with Crippen molar-refractivity contribution in [2.45, 2.75) is 27.7 Å². The Kier molecular flexibility index (Phi) is 7.84. The first-order valence-electron chi connectivity index (χ1n) is 6.56. The molecule has 3 heteroatoms. The Morgan fingerprint density at radius 2 is 1.35 bits per heavy atom. The first-order valence-corrected chi connectivity index (χ1v) is 8.68. The minimum atomic E-state index is -0.936. The van der Waals surface area contributed by atoms with Gasteiger partial charge in [-0.2, -0.15) is 0 Å². The molecular weight excluding hydrogens is 228 g/mol. The van der Waals surface area contributed by atoms with Crippen molar-refractivity contribution in [3.8, 4) is 0 Å². The zero-order valence-electron chi connectivity index (χ0n) is 12.3. The number of hydrogen-bond donors (Lipinski definition) is 0. The van der Waals surface area contributed by atoms with Crippen LogP contribution in [0.3, 0.4) is 0 Å². The molecule has 17 heavy (non-hydrogen) atoms. The van der Waals surface area contributed by atoms with Crippen LogP contribution in [0.5, 0.6) is 0 Å². The van der Waals surface area contributed by atoms with Crippen LogP contribution in [-0.2, 0) is 0 Å². The molecule has 0 atom stereocenters. The van der Waals surface area contributed by atoms with Gasteiger partial charge in [-0.1, -0.05) is 46.9 Å². The zero-order chi connectivity index (χ0) is 13.5. The maximum atomic E-state index is 4.11. The van der Waals surface area contributed by atoms with Gasteiger partial charge in [0, 0.05) is 31.9 Å². The molecule has 0 N–H and O–H groups in total. The van der Waals surface area contributed by atoms with Crippen molar-refractivity contribution in [1.29, 1.82) is 0 Å². The van der Waals surface area contributed by atoms with Gasteiger partial charge in [0.15, 0.2) is 0 Å². The summed E-state index contributed by atoms with van der Waals surface area (Å²) in [6.07, 6.45) is 4.31. The Balaban J connectivity index is 5.15. The van der Waals surface area contributed by atoms with Crippen LogP contribution < -0.4 is 0 Å². The summed E-state index contributed by atoms with van der Waals surface area (Å²) in [6, 6.07) is 0. The van der Waals surface area contributed by atoms with E-state index in [1.807, 2.05) is 6.08 Å². The Labute approximate surface area is 110 Å². The average molecular weight is 258 g/mol. The van der Waals surface area contributed by atoms with Gasteiger partial charge in [0.05, 0.1) is 0 Å². The van der Waals surface area contributed by atoms with Gasteiger partial charge in [-0.05, 0) is 11.8 Å². The summed E-state index contributed by atoms with van der Waals surface area (Å²) >= 11 is 0. The summed E-state index contributed by atoms with van der Waals surface area (Å²) in [4.78, 5) is 0. The highest BCUT2D eigenvalue weighted by molar-refractivity contribution is 8.29. The predicted octanol–water partition coefficient (Wildman–Crippen LogP) is 3.68. The standard InChI is InChI=1S/C14H30N2S/c1-8-14(6)13-17(7,15(9-2)10-3)16(11-4)12-5/h8H,1,6,9-13H2,2-5,7H3. The van der Waals surface area contributed by atoms with Crippen LogP contribution in [0.25, 0.3) is 0 Å². The third-order valence-electron chi connectivity index (χ3n) is 3.27. The fraction of sp³-hybridized carbons (Fsp3) is 0.714. The number of hydrogen-bond acceptors (Lipinski definition) is 2. The van der Waals surface area contributed by atoms with Crippen LogP contribution in [0, 0.1) is 0 Å². The molecule has 0 heterocycles. The lowest BCUT2D eigenvalue weighted by Gasteiger charge is -2.53. The molecule has 0 aliphatic carbocycles. The van der Waals surface area contributed by atoms with Crippen molar-refractivity contribution in [3.05, 3.63) is 24.8 Å². The highest BCUT2D eigenvalue weighted by atomic mass is 32.3. The van der Waals surface area contributed by atoms with Gasteiger partial charge in [-0.15, -0.1) is 10.4 Å². The second-order valence-electron chi connectivity index (χ2n) is 4.23. The van der Waals surface area contributed by atoms with Gasteiger partial charge in [0.2, 0.25) is 0 Å². The van der Waals surface area contributed by atoms with Crippen LogP contribution in [0.15, 0.2) is 24.8 Å². The Bertz CT molecular complexity index is 231. The normalized spacial score (nSPS) is 13.1. The highest BCUT2D eigenvalue weighted by Gasteiger charge is 2.29. The molecule has 0 spiro atoms. The second-order valence-corrected chi connectivity index (χ2v) is 7.54. The van der Waals surface area contributed by atoms with Crippen molar-refractivity contribution >= 4 is 10.4 Å². The fourth-order valence-corrected chi connectivity index (χ4v) is 6.05. The number of nitrogens with zero attached hydrogens (tertiary/aromatic N) is 2. The molecule has 0 rings (SSSR count). The van der Waals surface area contributed by atoms with Gasteiger partial charge >= 0.3 is 0 Å². The lowest BCUT2D eigenvalue weighted by molar-refractivity contribution is 0.431. The summed E-state index contributed by atoms with van der Waals surface area (Å²) in [6.45, 7) is 21.3. The number of rotatable bonds is 9. The first-order chi connectivity index (χ1) is 7.99. The summed E-state index contributed by atoms with van der Waals surface area (Å²) in [7, 11) is -0.936. The molecule has 0 radical (unpaired) electrons. The molecule has 2 nitrogen and oxygen atoms in total. The summed E-state index contributed by atoms with van der Waals surface area (Å²) in [5, 5.41) is 0. The quantitative estimate of drug-likeness (QED) is 0.582. The molecule has 0 aromatic heterocycles. The van der Waals surface area contributed by atoms with Crippen molar-refractivity contribution in [2.24, 2.45) is 0 Å². The van der Waals surface area contributed by atoms with Crippen LogP contribution in [0.1, 0.15) is 27.7 Å². The van der Waals surface area contributed by atoms with Crippen LogP contribution in [0.4, 0.5) is 0 Å². The van der Waals surface area contributed by atoms with E-state index in [9.17, 15) is 0 Å². The van der Waals surface area contributed by atoms with Crippen LogP contribution in [-0.4, -0.2) is 46.8 Å². The van der Waals surface area contributed by atoms with E-state index < -0.39 is 10.4 Å². The molecular formula is C14H30N2S. The molecule has 0 saturated carbocycles. The summed E-state index contributed by atoms with van der Waals surface area (Å²) < 4.78 is 5.18. The second kappa shape index (κ2) is 7.96. The largest absolute Gasteiger partial charge is 0.257 e. The molecule has 0 fully saturated rings. The predicted molar refractivity (Wildman–Crippen MR) is 83.6 cm³/mol. The SMILES string of the molecule is C=CC(=C)CS(C)(N(CC)CC)N(CC)CC. The molecule has 0 aromatic carbocycles. The molecule has 0 aliphatic heterocycles. The maximum Gasteiger partial charge on any atom is 0.0260 e. The van der Waals surface area contributed by atoms with Crippen LogP contribution in [0.2, 0.25) is 0 Å². The lowest BCUT2D eigenvalue weighted by atomic mass is 10.4. The molecule has 0 saturated heterocycles. The minimum absolute atomic E-state index is 0.936. The van der Waals surface area contributed by atoms with E-state index in [1.165, 1.54) is 0 Å². The Morgan fingerprint density at radius 3 is 1.59 bits per heavy atom. The van der Waals surface area contributed by atoms with E-state index in [0.29, 0.717) is 0 Å². The van der Waals surface area contributed by atoms with E-state index in [1.54, 1.807) is 0 Å². The smallest absolute Gasteiger partial charge is 0.0260 e. The maximum absolute atomic E-state index is 4.11.